The minimum Gasteiger partial charge on any atom is -0.331 e. The molecule has 4 aromatic rings. The summed E-state index contributed by atoms with van der Waals surface area (Å²) in [5.74, 6) is 0. The molecule has 0 unspecified atom stereocenters. The molecule has 1 N–H and O–H groups in total. The molecular weight excluding hydrogens is 436 g/mol. The molecular formula is C18H12BrClN4OS. The van der Waals surface area contributed by atoms with Gasteiger partial charge in [-0.15, -0.1) is 0 Å². The lowest BCUT2D eigenvalue weighted by Gasteiger charge is -2.10. The second-order valence-electron chi connectivity index (χ2n) is 5.63. The average molecular weight is 448 g/mol. The highest BCUT2D eigenvalue weighted by molar-refractivity contribution is 9.10. The van der Waals surface area contributed by atoms with Crippen molar-refractivity contribution in [1.82, 2.24) is 14.5 Å². The number of aromatic nitrogens is 3. The van der Waals surface area contributed by atoms with Crippen LogP contribution in [0.3, 0.4) is 0 Å². The summed E-state index contributed by atoms with van der Waals surface area (Å²) >= 11 is 11.0. The smallest absolute Gasteiger partial charge is 0.277 e. The Balaban J connectivity index is 1.80. The molecule has 130 valence electrons. The lowest BCUT2D eigenvalue weighted by Crippen LogP contribution is -2.19. The Morgan fingerprint density at radius 2 is 2.04 bits per heavy atom. The largest absolute Gasteiger partial charge is 0.331 e. The third-order valence-electron chi connectivity index (χ3n) is 3.82. The molecule has 0 fully saturated rings. The van der Waals surface area contributed by atoms with Crippen LogP contribution in [0.1, 0.15) is 5.56 Å². The first-order chi connectivity index (χ1) is 12.5. The zero-order chi connectivity index (χ0) is 18.3. The van der Waals surface area contributed by atoms with Gasteiger partial charge in [0.25, 0.3) is 5.56 Å². The first-order valence-corrected chi connectivity index (χ1v) is 9.68. The Morgan fingerprint density at radius 3 is 2.81 bits per heavy atom. The SMILES string of the molecule is Cc1cccc(Cl)c1-n1cnc2nc(Nc3cccc(Br)c3)sc2c1=O. The summed E-state index contributed by atoms with van der Waals surface area (Å²) in [7, 11) is 0. The molecule has 0 spiro atoms. The minimum atomic E-state index is -0.189. The number of aryl methyl sites for hydroxylation is 1. The molecule has 0 saturated heterocycles. The number of para-hydroxylation sites is 1. The number of benzene rings is 2. The highest BCUT2D eigenvalue weighted by atomic mass is 79.9. The van der Waals surface area contributed by atoms with Crippen LogP contribution in [0.25, 0.3) is 16.0 Å². The molecule has 26 heavy (non-hydrogen) atoms. The van der Waals surface area contributed by atoms with Gasteiger partial charge in [-0.2, -0.15) is 4.98 Å². The van der Waals surface area contributed by atoms with Crippen molar-refractivity contribution in [3.05, 3.63) is 74.2 Å². The Labute approximate surface area is 166 Å². The fourth-order valence-electron chi connectivity index (χ4n) is 2.64. The van der Waals surface area contributed by atoms with Gasteiger partial charge < -0.3 is 5.32 Å². The van der Waals surface area contributed by atoms with Crippen molar-refractivity contribution in [2.75, 3.05) is 5.32 Å². The molecule has 5 nitrogen and oxygen atoms in total. The quantitative estimate of drug-likeness (QED) is 0.462. The number of fused-ring (bicyclic) bond motifs is 1. The van der Waals surface area contributed by atoms with Crippen LogP contribution in [0.4, 0.5) is 10.8 Å². The van der Waals surface area contributed by atoms with Gasteiger partial charge in [0.15, 0.2) is 10.8 Å². The van der Waals surface area contributed by atoms with Gasteiger partial charge in [-0.05, 0) is 36.8 Å². The van der Waals surface area contributed by atoms with E-state index in [1.54, 1.807) is 6.07 Å². The van der Waals surface area contributed by atoms with Gasteiger partial charge in [-0.25, -0.2) is 4.98 Å². The summed E-state index contributed by atoms with van der Waals surface area (Å²) in [6.07, 6.45) is 1.47. The van der Waals surface area contributed by atoms with Crippen LogP contribution < -0.4 is 10.9 Å². The summed E-state index contributed by atoms with van der Waals surface area (Å²) in [6, 6.07) is 13.2. The van der Waals surface area contributed by atoms with Gasteiger partial charge in [0.1, 0.15) is 11.0 Å². The highest BCUT2D eigenvalue weighted by Gasteiger charge is 2.15. The summed E-state index contributed by atoms with van der Waals surface area (Å²) < 4.78 is 2.91. The van der Waals surface area contributed by atoms with Crippen molar-refractivity contribution < 1.29 is 0 Å². The predicted octanol–water partition coefficient (Wildman–Crippen LogP) is 5.31. The summed E-state index contributed by atoms with van der Waals surface area (Å²) in [6.45, 7) is 1.91. The van der Waals surface area contributed by atoms with E-state index in [-0.39, 0.29) is 5.56 Å². The summed E-state index contributed by atoms with van der Waals surface area (Å²) in [4.78, 5) is 21.7. The first-order valence-electron chi connectivity index (χ1n) is 7.69. The van der Waals surface area contributed by atoms with Gasteiger partial charge in [0.05, 0.1) is 10.7 Å². The predicted molar refractivity (Wildman–Crippen MR) is 110 cm³/mol. The van der Waals surface area contributed by atoms with E-state index in [2.05, 4.69) is 31.2 Å². The minimum absolute atomic E-state index is 0.189. The van der Waals surface area contributed by atoms with Crippen LogP contribution in [0.5, 0.6) is 0 Å². The van der Waals surface area contributed by atoms with E-state index in [1.165, 1.54) is 22.2 Å². The maximum Gasteiger partial charge on any atom is 0.277 e. The Hall–Kier alpha value is -2.22. The number of rotatable bonds is 3. The lowest BCUT2D eigenvalue weighted by molar-refractivity contribution is 0.952. The van der Waals surface area contributed by atoms with Crippen molar-refractivity contribution in [2.24, 2.45) is 0 Å². The maximum absolute atomic E-state index is 13.0. The van der Waals surface area contributed by atoms with Crippen molar-refractivity contribution >= 4 is 60.0 Å². The molecule has 2 aromatic carbocycles. The first kappa shape index (κ1) is 17.2. The number of nitrogens with one attached hydrogen (secondary N) is 1. The molecule has 0 radical (unpaired) electrons. The Morgan fingerprint density at radius 1 is 1.23 bits per heavy atom. The van der Waals surface area contributed by atoms with Crippen molar-refractivity contribution in [2.45, 2.75) is 6.92 Å². The molecule has 0 aliphatic carbocycles. The molecule has 0 atom stereocenters. The van der Waals surface area contributed by atoms with E-state index >= 15 is 0 Å². The number of thiazole rings is 1. The third kappa shape index (κ3) is 3.13. The standard InChI is InChI=1S/C18H12BrClN4OS/c1-10-4-2-7-13(20)14(10)24-9-21-16-15(17(24)25)26-18(23-16)22-12-6-3-5-11(19)8-12/h2-9H,1H3,(H,22,23). The zero-order valence-corrected chi connectivity index (χ0v) is 16.7. The van der Waals surface area contributed by atoms with E-state index in [9.17, 15) is 4.79 Å². The van der Waals surface area contributed by atoms with E-state index in [0.29, 0.717) is 26.2 Å². The highest BCUT2D eigenvalue weighted by Crippen LogP contribution is 2.28. The van der Waals surface area contributed by atoms with Crippen molar-refractivity contribution in [1.29, 1.82) is 0 Å². The topological polar surface area (TPSA) is 59.8 Å². The molecule has 0 saturated carbocycles. The van der Waals surface area contributed by atoms with E-state index < -0.39 is 0 Å². The van der Waals surface area contributed by atoms with Crippen LogP contribution in [-0.4, -0.2) is 14.5 Å². The summed E-state index contributed by atoms with van der Waals surface area (Å²) in [5.41, 5.74) is 2.64. The van der Waals surface area contributed by atoms with Crippen LogP contribution in [0, 0.1) is 6.92 Å². The number of anilines is 2. The maximum atomic E-state index is 13.0. The van der Waals surface area contributed by atoms with Gasteiger partial charge in [0.2, 0.25) is 0 Å². The lowest BCUT2D eigenvalue weighted by atomic mass is 10.2. The zero-order valence-electron chi connectivity index (χ0n) is 13.5. The molecule has 4 rings (SSSR count). The molecule has 0 bridgehead atoms. The Bertz CT molecular complexity index is 1170. The fourth-order valence-corrected chi connectivity index (χ4v) is 4.23. The molecule has 0 aliphatic heterocycles. The van der Waals surface area contributed by atoms with Gasteiger partial charge >= 0.3 is 0 Å². The van der Waals surface area contributed by atoms with Crippen LogP contribution in [-0.2, 0) is 0 Å². The van der Waals surface area contributed by atoms with Crippen LogP contribution in [0.15, 0.2) is 58.1 Å². The Kier molecular flexibility index (Phi) is 4.52. The molecule has 0 amide bonds. The van der Waals surface area contributed by atoms with E-state index in [4.69, 9.17) is 11.6 Å². The van der Waals surface area contributed by atoms with Crippen molar-refractivity contribution in [3.8, 4) is 5.69 Å². The normalized spacial score (nSPS) is 11.0. The molecule has 2 heterocycles. The van der Waals surface area contributed by atoms with Gasteiger partial charge in [-0.3, -0.25) is 9.36 Å². The number of hydrogen-bond acceptors (Lipinski definition) is 5. The summed E-state index contributed by atoms with van der Waals surface area (Å²) in [5, 5.41) is 4.32. The number of halogens is 2. The van der Waals surface area contributed by atoms with Gasteiger partial charge in [-0.1, -0.05) is 57.1 Å². The van der Waals surface area contributed by atoms with Gasteiger partial charge in [0, 0.05) is 10.2 Å². The van der Waals surface area contributed by atoms with E-state index in [0.717, 1.165) is 15.7 Å². The average Bonchev–Trinajstić information content (AvgIpc) is 3.00. The van der Waals surface area contributed by atoms with E-state index in [1.807, 2.05) is 43.3 Å². The second-order valence-corrected chi connectivity index (χ2v) is 7.95. The second kappa shape index (κ2) is 6.83. The van der Waals surface area contributed by atoms with Crippen LogP contribution in [0.2, 0.25) is 5.02 Å². The molecule has 0 aliphatic rings. The molecule has 8 heteroatoms. The van der Waals surface area contributed by atoms with Crippen LogP contribution >= 0.6 is 38.9 Å². The number of hydrogen-bond donors (Lipinski definition) is 1. The van der Waals surface area contributed by atoms with Crippen molar-refractivity contribution in [3.63, 3.8) is 0 Å². The number of nitrogens with zero attached hydrogens (tertiary/aromatic N) is 3. The third-order valence-corrected chi connectivity index (χ3v) is 5.57. The monoisotopic (exact) mass is 446 g/mol. The fraction of sp³-hybridized carbons (Fsp3) is 0.0556. The molecule has 2 aromatic heterocycles.